The van der Waals surface area contributed by atoms with Gasteiger partial charge in [0.1, 0.15) is 7.22 Å². The van der Waals surface area contributed by atoms with Crippen LogP contribution in [0, 0.1) is 0 Å². The van der Waals surface area contributed by atoms with E-state index in [0.717, 1.165) is 19.3 Å². The van der Waals surface area contributed by atoms with Gasteiger partial charge in [0, 0.05) is 13.2 Å². The van der Waals surface area contributed by atoms with Gasteiger partial charge in [-0.1, -0.05) is 19.6 Å². The third kappa shape index (κ3) is 8.50. The van der Waals surface area contributed by atoms with Crippen LogP contribution in [0.2, 0.25) is 32.2 Å². The van der Waals surface area contributed by atoms with Gasteiger partial charge in [0.2, 0.25) is 0 Å². The molecule has 0 N–H and O–H groups in total. The van der Waals surface area contributed by atoms with Crippen LogP contribution < -0.4 is 0 Å². The molecule has 0 atom stereocenters. The zero-order valence-electron chi connectivity index (χ0n) is 11.1. The number of hydrogen-bond acceptors (Lipinski definition) is 3. The Morgan fingerprint density at radius 3 is 1.73 bits per heavy atom. The second kappa shape index (κ2) is 7.11. The summed E-state index contributed by atoms with van der Waals surface area (Å²) in [5.41, 5.74) is 0. The Morgan fingerprint density at radius 1 is 0.933 bits per heavy atom. The van der Waals surface area contributed by atoms with Crippen LogP contribution in [0.1, 0.15) is 13.8 Å². The van der Waals surface area contributed by atoms with Crippen molar-refractivity contribution in [3.8, 4) is 0 Å². The van der Waals surface area contributed by atoms with Crippen molar-refractivity contribution < 1.29 is 8.85 Å². The minimum absolute atomic E-state index is 0.778. The van der Waals surface area contributed by atoms with E-state index in [2.05, 4.69) is 51.2 Å². The van der Waals surface area contributed by atoms with Crippen molar-refractivity contribution in [2.45, 2.75) is 46.1 Å². The van der Waals surface area contributed by atoms with Crippen molar-refractivity contribution in [3.63, 3.8) is 0 Å². The monoisotopic (exact) mass is 266 g/mol. The summed E-state index contributed by atoms with van der Waals surface area (Å²) in [5, 5.41) is 0. The molecule has 15 heavy (non-hydrogen) atoms. The SMILES string of the molecule is CCO[Si](C)(CCS[Si](C)(C)C)OCC. The third-order valence-corrected chi connectivity index (χ3v) is 9.79. The lowest BCUT2D eigenvalue weighted by Crippen LogP contribution is -2.39. The van der Waals surface area contributed by atoms with Crippen LogP contribution in [0.3, 0.4) is 0 Å². The van der Waals surface area contributed by atoms with E-state index in [9.17, 15) is 0 Å². The van der Waals surface area contributed by atoms with E-state index in [1.165, 1.54) is 5.75 Å². The summed E-state index contributed by atoms with van der Waals surface area (Å²) >= 11 is 2.13. The van der Waals surface area contributed by atoms with E-state index in [0.29, 0.717) is 0 Å². The highest BCUT2D eigenvalue weighted by atomic mass is 32.4. The Labute approximate surface area is 101 Å². The normalized spacial score (nSPS) is 13.2. The second-order valence-corrected chi connectivity index (χ2v) is 17.5. The lowest BCUT2D eigenvalue weighted by molar-refractivity contribution is 0.190. The first-order valence-electron chi connectivity index (χ1n) is 5.75. The molecule has 0 fully saturated rings. The zero-order chi connectivity index (χ0) is 11.9. The van der Waals surface area contributed by atoms with Crippen molar-refractivity contribution >= 4 is 27.0 Å². The summed E-state index contributed by atoms with van der Waals surface area (Å²) in [4.78, 5) is 0. The third-order valence-electron chi connectivity index (χ3n) is 1.99. The lowest BCUT2D eigenvalue weighted by atomic mass is 10.9. The predicted octanol–water partition coefficient (Wildman–Crippen LogP) is 3.70. The Balaban J connectivity index is 3.95. The van der Waals surface area contributed by atoms with Gasteiger partial charge in [-0.25, -0.2) is 0 Å². The van der Waals surface area contributed by atoms with E-state index >= 15 is 0 Å². The lowest BCUT2D eigenvalue weighted by Gasteiger charge is -2.27. The van der Waals surface area contributed by atoms with Gasteiger partial charge < -0.3 is 8.85 Å². The van der Waals surface area contributed by atoms with Gasteiger partial charge in [-0.15, -0.1) is 0 Å². The van der Waals surface area contributed by atoms with Crippen LogP contribution >= 0.6 is 11.2 Å². The highest BCUT2D eigenvalue weighted by Crippen LogP contribution is 2.24. The first-order valence-corrected chi connectivity index (χ1v) is 13.5. The molecule has 2 nitrogen and oxygen atoms in total. The van der Waals surface area contributed by atoms with Crippen molar-refractivity contribution in [3.05, 3.63) is 0 Å². The molecule has 0 aromatic carbocycles. The molecule has 5 heteroatoms. The van der Waals surface area contributed by atoms with Gasteiger partial charge in [-0.05, 0) is 32.2 Å². The summed E-state index contributed by atoms with van der Waals surface area (Å²) in [7, 11) is -2.82. The zero-order valence-corrected chi connectivity index (χ0v) is 13.9. The van der Waals surface area contributed by atoms with Gasteiger partial charge in [-0.2, -0.15) is 11.2 Å². The largest absolute Gasteiger partial charge is 0.395 e. The fraction of sp³-hybridized carbons (Fsp3) is 1.00. The molecule has 0 aliphatic carbocycles. The molecule has 0 spiro atoms. The molecular formula is C10H26O2SSi2. The summed E-state index contributed by atoms with van der Waals surface area (Å²) in [5.74, 6) is 1.19. The first-order chi connectivity index (χ1) is 6.83. The van der Waals surface area contributed by atoms with Crippen molar-refractivity contribution in [2.24, 2.45) is 0 Å². The quantitative estimate of drug-likeness (QED) is 0.624. The fourth-order valence-electron chi connectivity index (χ4n) is 1.34. The van der Waals surface area contributed by atoms with Crippen LogP contribution in [-0.4, -0.2) is 34.8 Å². The van der Waals surface area contributed by atoms with E-state index < -0.39 is 15.8 Å². The molecule has 0 unspecified atom stereocenters. The number of rotatable bonds is 8. The highest BCUT2D eigenvalue weighted by molar-refractivity contribution is 8.28. The molecule has 0 saturated carbocycles. The van der Waals surface area contributed by atoms with E-state index in [1.807, 2.05) is 0 Å². The second-order valence-electron chi connectivity index (χ2n) is 4.71. The van der Waals surface area contributed by atoms with Gasteiger partial charge in [-0.3, -0.25) is 0 Å². The van der Waals surface area contributed by atoms with E-state index in [-0.39, 0.29) is 0 Å². The minimum Gasteiger partial charge on any atom is -0.395 e. The Kier molecular flexibility index (Phi) is 7.45. The smallest absolute Gasteiger partial charge is 0.335 e. The highest BCUT2D eigenvalue weighted by Gasteiger charge is 2.30. The molecule has 0 bridgehead atoms. The average molecular weight is 267 g/mol. The molecular weight excluding hydrogens is 240 g/mol. The molecule has 0 radical (unpaired) electrons. The van der Waals surface area contributed by atoms with Gasteiger partial charge in [0.05, 0.1) is 0 Å². The molecule has 92 valence electrons. The molecule has 0 heterocycles. The summed E-state index contributed by atoms with van der Waals surface area (Å²) in [6, 6.07) is 1.11. The summed E-state index contributed by atoms with van der Waals surface area (Å²) in [6.45, 7) is 15.0. The molecule has 0 aromatic rings. The Hall–Kier alpha value is 0.704. The average Bonchev–Trinajstić information content (AvgIpc) is 2.01. The van der Waals surface area contributed by atoms with E-state index in [1.54, 1.807) is 0 Å². The summed E-state index contributed by atoms with van der Waals surface area (Å²) in [6.07, 6.45) is 0. The maximum absolute atomic E-state index is 5.80. The molecule has 0 saturated heterocycles. The van der Waals surface area contributed by atoms with Gasteiger partial charge >= 0.3 is 8.56 Å². The molecule has 0 rings (SSSR count). The van der Waals surface area contributed by atoms with Gasteiger partial charge in [0.15, 0.2) is 0 Å². The minimum atomic E-state index is -1.85. The standard InChI is InChI=1S/C10H26O2SSi2/c1-7-11-15(6,12-8-2)10-9-13-14(3,4)5/h7-10H2,1-6H3. The van der Waals surface area contributed by atoms with Crippen molar-refractivity contribution in [2.75, 3.05) is 19.0 Å². The topological polar surface area (TPSA) is 18.5 Å². The first kappa shape index (κ1) is 15.7. The molecule has 0 aliphatic heterocycles. The molecule has 0 amide bonds. The maximum atomic E-state index is 5.80. The fourth-order valence-corrected chi connectivity index (χ4v) is 8.19. The van der Waals surface area contributed by atoms with Crippen molar-refractivity contribution in [1.82, 2.24) is 0 Å². The van der Waals surface area contributed by atoms with Crippen LogP contribution in [0.15, 0.2) is 0 Å². The van der Waals surface area contributed by atoms with Crippen LogP contribution in [-0.2, 0) is 8.85 Å². The van der Waals surface area contributed by atoms with Crippen LogP contribution in [0.4, 0.5) is 0 Å². The predicted molar refractivity (Wildman–Crippen MR) is 75.5 cm³/mol. The molecule has 0 aliphatic rings. The van der Waals surface area contributed by atoms with Crippen LogP contribution in [0.25, 0.3) is 0 Å². The van der Waals surface area contributed by atoms with Gasteiger partial charge in [0.25, 0.3) is 0 Å². The van der Waals surface area contributed by atoms with Crippen molar-refractivity contribution in [1.29, 1.82) is 0 Å². The maximum Gasteiger partial charge on any atom is 0.335 e. The van der Waals surface area contributed by atoms with E-state index in [4.69, 9.17) is 8.85 Å². The molecule has 0 aromatic heterocycles. The number of hydrogen-bond donors (Lipinski definition) is 0. The summed E-state index contributed by atoms with van der Waals surface area (Å²) < 4.78 is 11.6. The Morgan fingerprint density at radius 2 is 1.40 bits per heavy atom. The van der Waals surface area contributed by atoms with Crippen LogP contribution in [0.5, 0.6) is 0 Å². The Bertz CT molecular complexity index is 165.